The second-order valence-corrected chi connectivity index (χ2v) is 5.43. The highest BCUT2D eigenvalue weighted by atomic mass is 16.5. The molecule has 2 aromatic rings. The highest BCUT2D eigenvalue weighted by molar-refractivity contribution is 5.95. The van der Waals surface area contributed by atoms with Gasteiger partial charge in [-0.05, 0) is 12.5 Å². The van der Waals surface area contributed by atoms with E-state index in [-0.39, 0.29) is 18.4 Å². The lowest BCUT2D eigenvalue weighted by Gasteiger charge is -2.38. The number of nitrogens with zero attached hydrogens (tertiary/aromatic N) is 2. The summed E-state index contributed by atoms with van der Waals surface area (Å²) < 4.78 is 10.3. The van der Waals surface area contributed by atoms with Crippen molar-refractivity contribution in [2.24, 2.45) is 0 Å². The zero-order valence-electron chi connectivity index (χ0n) is 12.9. The Balaban J connectivity index is 1.87. The molecule has 7 heteroatoms. The Kier molecular flexibility index (Phi) is 4.12. The molecule has 1 aromatic heterocycles. The molecule has 1 aliphatic heterocycles. The van der Waals surface area contributed by atoms with Crippen molar-refractivity contribution in [2.75, 3.05) is 19.0 Å². The van der Waals surface area contributed by atoms with E-state index < -0.39 is 12.1 Å². The van der Waals surface area contributed by atoms with Crippen LogP contribution in [0.25, 0.3) is 0 Å². The number of likely N-dealkylation sites (N-methyl/N-ethyl adjacent to an activating group) is 1. The van der Waals surface area contributed by atoms with Crippen molar-refractivity contribution >= 4 is 17.6 Å². The number of hydrogen-bond acceptors (Lipinski definition) is 5. The van der Waals surface area contributed by atoms with Gasteiger partial charge in [0.25, 0.3) is 5.91 Å². The van der Waals surface area contributed by atoms with Crippen molar-refractivity contribution in [2.45, 2.75) is 19.1 Å². The third-order valence-electron chi connectivity index (χ3n) is 3.87. The number of amides is 2. The average Bonchev–Trinajstić information content (AvgIpc) is 2.95. The van der Waals surface area contributed by atoms with E-state index in [0.29, 0.717) is 5.82 Å². The lowest BCUT2D eigenvalue weighted by atomic mass is 9.97. The van der Waals surface area contributed by atoms with E-state index in [2.05, 4.69) is 10.5 Å². The number of morpholine rings is 1. The molecule has 1 saturated heterocycles. The number of aromatic nitrogens is 1. The summed E-state index contributed by atoms with van der Waals surface area (Å²) in [6, 6.07) is 8.83. The highest BCUT2D eigenvalue weighted by Crippen LogP contribution is 2.29. The van der Waals surface area contributed by atoms with Gasteiger partial charge >= 0.3 is 0 Å². The minimum absolute atomic E-state index is 0.129. The third-order valence-corrected chi connectivity index (χ3v) is 3.87. The first-order valence-electron chi connectivity index (χ1n) is 7.22. The van der Waals surface area contributed by atoms with Crippen LogP contribution in [0, 0.1) is 6.92 Å². The van der Waals surface area contributed by atoms with Crippen LogP contribution in [0.5, 0.6) is 0 Å². The van der Waals surface area contributed by atoms with E-state index in [4.69, 9.17) is 9.26 Å². The lowest BCUT2D eigenvalue weighted by molar-refractivity contribution is -0.160. The van der Waals surface area contributed by atoms with Gasteiger partial charge < -0.3 is 19.5 Å². The molecule has 23 heavy (non-hydrogen) atoms. The first-order chi connectivity index (χ1) is 11.1. The molecule has 1 N–H and O–H groups in total. The minimum Gasteiger partial charge on any atom is -0.362 e. The maximum absolute atomic E-state index is 12.6. The first-order valence-corrected chi connectivity index (χ1v) is 7.22. The van der Waals surface area contributed by atoms with Crippen molar-refractivity contribution < 1.29 is 18.8 Å². The lowest BCUT2D eigenvalue weighted by Crippen LogP contribution is -2.51. The molecule has 7 nitrogen and oxygen atoms in total. The third kappa shape index (κ3) is 2.95. The van der Waals surface area contributed by atoms with Gasteiger partial charge in [0.1, 0.15) is 12.9 Å². The minimum atomic E-state index is -0.823. The normalized spacial score (nSPS) is 21.3. The van der Waals surface area contributed by atoms with Crippen LogP contribution in [-0.4, -0.2) is 41.6 Å². The van der Waals surface area contributed by atoms with E-state index in [0.717, 1.165) is 11.1 Å². The van der Waals surface area contributed by atoms with Crippen molar-refractivity contribution in [1.29, 1.82) is 0 Å². The fraction of sp³-hybridized carbons (Fsp3) is 0.312. The summed E-state index contributed by atoms with van der Waals surface area (Å²) in [7, 11) is 1.67. The highest BCUT2D eigenvalue weighted by Gasteiger charge is 2.40. The number of carbonyl (C=O) groups is 2. The number of aryl methyl sites for hydroxylation is 1. The van der Waals surface area contributed by atoms with Crippen molar-refractivity contribution in [3.05, 3.63) is 47.7 Å². The van der Waals surface area contributed by atoms with Gasteiger partial charge in [-0.3, -0.25) is 9.59 Å². The number of rotatable bonds is 3. The maximum Gasteiger partial charge on any atom is 0.257 e. The molecule has 1 aliphatic rings. The summed E-state index contributed by atoms with van der Waals surface area (Å²) >= 11 is 0. The molecule has 2 amide bonds. The maximum atomic E-state index is 12.6. The zero-order valence-corrected chi connectivity index (χ0v) is 12.9. The molecule has 2 atom stereocenters. The average molecular weight is 315 g/mol. The van der Waals surface area contributed by atoms with E-state index in [1.54, 1.807) is 18.9 Å². The fourth-order valence-corrected chi connectivity index (χ4v) is 2.58. The van der Waals surface area contributed by atoms with Crippen molar-refractivity contribution in [3.63, 3.8) is 0 Å². The van der Waals surface area contributed by atoms with Crippen LogP contribution in [0.15, 0.2) is 41.1 Å². The number of carbonyl (C=O) groups excluding carboxylic acids is 2. The number of anilines is 1. The number of ether oxygens (including phenoxy) is 1. The van der Waals surface area contributed by atoms with E-state index >= 15 is 0 Å². The van der Waals surface area contributed by atoms with Crippen LogP contribution < -0.4 is 5.32 Å². The summed E-state index contributed by atoms with van der Waals surface area (Å²) in [6.45, 7) is 1.65. The summed E-state index contributed by atoms with van der Waals surface area (Å²) in [5, 5.41) is 6.43. The first kappa shape index (κ1) is 15.2. The molecule has 2 unspecified atom stereocenters. The van der Waals surface area contributed by atoms with Gasteiger partial charge in [-0.15, -0.1) is 0 Å². The van der Waals surface area contributed by atoms with Gasteiger partial charge in [0, 0.05) is 12.6 Å². The van der Waals surface area contributed by atoms with Gasteiger partial charge in [-0.25, -0.2) is 0 Å². The standard InChI is InChI=1S/C16H17N3O4/c1-10-8-23-18-15(10)17-16(21)14-13(11-6-4-3-5-7-11)19(2)12(20)9-22-14/h3-8,13-14H,9H2,1-2H3,(H,17,18,21). The fourth-order valence-electron chi connectivity index (χ4n) is 2.58. The van der Waals surface area contributed by atoms with Crippen molar-refractivity contribution in [1.82, 2.24) is 10.1 Å². The van der Waals surface area contributed by atoms with Gasteiger partial charge in [0.05, 0.1) is 6.04 Å². The Morgan fingerprint density at radius 2 is 2.09 bits per heavy atom. The SMILES string of the molecule is Cc1conc1NC(=O)C1OCC(=O)N(C)C1c1ccccc1. The summed E-state index contributed by atoms with van der Waals surface area (Å²) in [5.74, 6) is -0.180. The number of benzene rings is 1. The Labute approximate surface area is 133 Å². The Bertz CT molecular complexity index is 713. The smallest absolute Gasteiger partial charge is 0.257 e. The topological polar surface area (TPSA) is 84.7 Å². The van der Waals surface area contributed by atoms with Crippen LogP contribution in [0.4, 0.5) is 5.82 Å². The monoisotopic (exact) mass is 315 g/mol. The largest absolute Gasteiger partial charge is 0.362 e. The molecule has 3 rings (SSSR count). The van der Waals surface area contributed by atoms with Gasteiger partial charge in [-0.2, -0.15) is 0 Å². The predicted octanol–water partition coefficient (Wildman–Crippen LogP) is 1.52. The molecule has 1 fully saturated rings. The molecular formula is C16H17N3O4. The summed E-state index contributed by atoms with van der Waals surface area (Å²) in [5.41, 5.74) is 1.55. The second kappa shape index (κ2) is 6.21. The van der Waals surface area contributed by atoms with Crippen LogP contribution in [0.3, 0.4) is 0 Å². The molecule has 1 aromatic carbocycles. The van der Waals surface area contributed by atoms with E-state index in [1.807, 2.05) is 30.3 Å². The molecule has 0 saturated carbocycles. The van der Waals surface area contributed by atoms with E-state index in [1.165, 1.54) is 6.26 Å². The van der Waals surface area contributed by atoms with Gasteiger partial charge in [-0.1, -0.05) is 35.5 Å². The summed E-state index contributed by atoms with van der Waals surface area (Å²) in [4.78, 5) is 26.1. The van der Waals surface area contributed by atoms with Gasteiger partial charge in [0.2, 0.25) is 5.91 Å². The second-order valence-electron chi connectivity index (χ2n) is 5.43. The zero-order chi connectivity index (χ0) is 16.4. The van der Waals surface area contributed by atoms with Crippen LogP contribution in [0.2, 0.25) is 0 Å². The van der Waals surface area contributed by atoms with E-state index in [9.17, 15) is 9.59 Å². The molecule has 0 bridgehead atoms. The quantitative estimate of drug-likeness (QED) is 0.928. The Hall–Kier alpha value is -2.67. The Morgan fingerprint density at radius 3 is 2.74 bits per heavy atom. The molecule has 2 heterocycles. The summed E-state index contributed by atoms with van der Waals surface area (Å²) in [6.07, 6.45) is 0.623. The van der Waals surface area contributed by atoms with Crippen LogP contribution >= 0.6 is 0 Å². The van der Waals surface area contributed by atoms with Crippen LogP contribution in [0.1, 0.15) is 17.2 Å². The van der Waals surface area contributed by atoms with Gasteiger partial charge in [0.15, 0.2) is 11.9 Å². The van der Waals surface area contributed by atoms with Crippen LogP contribution in [-0.2, 0) is 14.3 Å². The molecule has 0 aliphatic carbocycles. The molecule has 120 valence electrons. The molecule has 0 spiro atoms. The Morgan fingerprint density at radius 1 is 1.35 bits per heavy atom. The van der Waals surface area contributed by atoms with Crippen molar-refractivity contribution in [3.8, 4) is 0 Å². The molecular weight excluding hydrogens is 298 g/mol. The molecule has 0 radical (unpaired) electrons. The predicted molar refractivity (Wildman–Crippen MR) is 81.6 cm³/mol. The number of hydrogen-bond donors (Lipinski definition) is 1. The number of nitrogens with one attached hydrogen (secondary N) is 1.